The molecule has 0 saturated carbocycles. The van der Waals surface area contributed by atoms with Gasteiger partial charge in [-0.1, -0.05) is 41.4 Å². The number of hydrogen-bond donors (Lipinski definition) is 1. The Hall–Kier alpha value is -0.290. The van der Waals surface area contributed by atoms with Gasteiger partial charge in [0.15, 0.2) is 0 Å². The van der Waals surface area contributed by atoms with E-state index in [0.717, 1.165) is 25.6 Å². The molecule has 2 rings (SSSR count). The van der Waals surface area contributed by atoms with Crippen molar-refractivity contribution in [3.8, 4) is 0 Å². The molecule has 0 aromatic heterocycles. The van der Waals surface area contributed by atoms with Gasteiger partial charge in [-0.3, -0.25) is 0 Å². The molecule has 18 heavy (non-hydrogen) atoms. The molecule has 2 N–H and O–H groups in total. The molecule has 0 radical (unpaired) electrons. The lowest BCUT2D eigenvalue weighted by Gasteiger charge is -2.13. The molecule has 0 saturated heterocycles. The van der Waals surface area contributed by atoms with E-state index >= 15 is 0 Å². The van der Waals surface area contributed by atoms with E-state index in [9.17, 15) is 0 Å². The van der Waals surface area contributed by atoms with Crippen molar-refractivity contribution in [2.24, 2.45) is 5.73 Å². The fourth-order valence-electron chi connectivity index (χ4n) is 1.74. The Kier molecular flexibility index (Phi) is 4.90. The molecule has 1 nitrogen and oxygen atoms in total. The first kappa shape index (κ1) is 14.1. The Morgan fingerprint density at radius 2 is 1.72 bits per heavy atom. The van der Waals surface area contributed by atoms with Crippen LogP contribution in [-0.4, -0.2) is 0 Å². The highest BCUT2D eigenvalue weighted by Crippen LogP contribution is 2.24. The van der Waals surface area contributed by atoms with E-state index in [1.54, 1.807) is 0 Å². The minimum Gasteiger partial charge on any atom is -0.324 e. The Bertz CT molecular complexity index is 540. The zero-order valence-corrected chi connectivity index (χ0v) is 13.2. The number of benzene rings is 2. The monoisotopic (exact) mass is 391 g/mol. The Morgan fingerprint density at radius 1 is 1.06 bits per heavy atom. The fourth-order valence-corrected chi connectivity index (χ4v) is 2.39. The Labute approximate surface area is 130 Å². The largest absolute Gasteiger partial charge is 0.324 e. The van der Waals surface area contributed by atoms with Crippen LogP contribution in [0.5, 0.6) is 0 Å². The maximum atomic E-state index is 6.19. The third kappa shape index (κ3) is 3.60. The number of halogens is 3. The van der Waals surface area contributed by atoms with E-state index in [1.165, 1.54) is 5.56 Å². The van der Waals surface area contributed by atoms with Crippen LogP contribution in [0.2, 0.25) is 10.0 Å². The summed E-state index contributed by atoms with van der Waals surface area (Å²) in [5.74, 6) is 0. The molecular weight excluding hydrogens is 380 g/mol. The molecule has 0 aliphatic rings. The average molecular weight is 392 g/mol. The summed E-state index contributed by atoms with van der Waals surface area (Å²) in [6.45, 7) is 0. The first-order valence-electron chi connectivity index (χ1n) is 5.51. The predicted octanol–water partition coefficient (Wildman–Crippen LogP) is 4.84. The fraction of sp³-hybridized carbons (Fsp3) is 0.143. The molecule has 0 heterocycles. The first-order chi connectivity index (χ1) is 8.56. The maximum absolute atomic E-state index is 6.19. The molecule has 1 unspecified atom stereocenters. The van der Waals surface area contributed by atoms with Gasteiger partial charge in [-0.15, -0.1) is 0 Å². The van der Waals surface area contributed by atoms with Gasteiger partial charge in [-0.2, -0.15) is 0 Å². The molecule has 0 fully saturated rings. The van der Waals surface area contributed by atoms with E-state index in [-0.39, 0.29) is 6.04 Å². The van der Waals surface area contributed by atoms with E-state index in [1.807, 2.05) is 42.5 Å². The normalized spacial score (nSPS) is 12.4. The van der Waals surface area contributed by atoms with E-state index < -0.39 is 0 Å². The van der Waals surface area contributed by atoms with Crippen LogP contribution in [0.1, 0.15) is 17.2 Å². The smallest absolute Gasteiger partial charge is 0.0542 e. The average Bonchev–Trinajstić information content (AvgIpc) is 2.35. The van der Waals surface area contributed by atoms with Gasteiger partial charge < -0.3 is 5.73 Å². The van der Waals surface area contributed by atoms with Gasteiger partial charge in [0.1, 0.15) is 0 Å². The number of rotatable bonds is 3. The van der Waals surface area contributed by atoms with Crippen LogP contribution in [0, 0.1) is 3.57 Å². The summed E-state index contributed by atoms with van der Waals surface area (Å²) in [6.07, 6.45) is 0.772. The Morgan fingerprint density at radius 3 is 2.33 bits per heavy atom. The van der Waals surface area contributed by atoms with Crippen LogP contribution >= 0.6 is 45.8 Å². The van der Waals surface area contributed by atoms with Crippen molar-refractivity contribution >= 4 is 45.8 Å². The molecule has 0 bridgehead atoms. The summed E-state index contributed by atoms with van der Waals surface area (Å²) in [5.41, 5.74) is 8.41. The maximum Gasteiger partial charge on any atom is 0.0542 e. The SMILES string of the molecule is NC(Cc1ccc(Cl)cc1)c1ccc(I)c(Cl)c1. The number of hydrogen-bond acceptors (Lipinski definition) is 1. The van der Waals surface area contributed by atoms with Crippen LogP contribution in [0.3, 0.4) is 0 Å². The summed E-state index contributed by atoms with van der Waals surface area (Å²) in [5, 5.41) is 1.49. The lowest BCUT2D eigenvalue weighted by atomic mass is 10.00. The van der Waals surface area contributed by atoms with Crippen LogP contribution < -0.4 is 5.73 Å². The van der Waals surface area contributed by atoms with Gasteiger partial charge in [0.2, 0.25) is 0 Å². The van der Waals surface area contributed by atoms with Crippen LogP contribution in [-0.2, 0) is 6.42 Å². The second-order valence-electron chi connectivity index (χ2n) is 4.11. The Balaban J connectivity index is 2.13. The van der Waals surface area contributed by atoms with Crippen molar-refractivity contribution in [2.75, 3.05) is 0 Å². The predicted molar refractivity (Wildman–Crippen MR) is 86.3 cm³/mol. The highest BCUT2D eigenvalue weighted by atomic mass is 127. The second-order valence-corrected chi connectivity index (χ2v) is 6.12. The molecule has 0 aliphatic carbocycles. The van der Waals surface area contributed by atoms with Crippen LogP contribution in [0.25, 0.3) is 0 Å². The van der Waals surface area contributed by atoms with Gasteiger partial charge in [0.05, 0.1) is 5.02 Å². The van der Waals surface area contributed by atoms with E-state index in [0.29, 0.717) is 0 Å². The molecule has 2 aromatic rings. The second kappa shape index (κ2) is 6.24. The van der Waals surface area contributed by atoms with Crippen molar-refractivity contribution < 1.29 is 0 Å². The van der Waals surface area contributed by atoms with Gasteiger partial charge in [0.25, 0.3) is 0 Å². The minimum absolute atomic E-state index is 0.0549. The minimum atomic E-state index is -0.0549. The van der Waals surface area contributed by atoms with Gasteiger partial charge >= 0.3 is 0 Å². The molecule has 4 heteroatoms. The van der Waals surface area contributed by atoms with Crippen molar-refractivity contribution in [3.05, 3.63) is 67.2 Å². The van der Waals surface area contributed by atoms with Crippen molar-refractivity contribution in [3.63, 3.8) is 0 Å². The highest BCUT2D eigenvalue weighted by molar-refractivity contribution is 14.1. The lowest BCUT2D eigenvalue weighted by molar-refractivity contribution is 0.722. The molecule has 1 atom stereocenters. The molecular formula is C14H12Cl2IN. The summed E-state index contributed by atoms with van der Waals surface area (Å²) in [4.78, 5) is 0. The van der Waals surface area contributed by atoms with Crippen molar-refractivity contribution in [2.45, 2.75) is 12.5 Å². The molecule has 2 aromatic carbocycles. The van der Waals surface area contributed by atoms with Crippen LogP contribution in [0.15, 0.2) is 42.5 Å². The molecule has 0 aliphatic heterocycles. The third-order valence-electron chi connectivity index (χ3n) is 2.74. The standard InChI is InChI=1S/C14H12Cl2IN/c15-11-4-1-9(2-5-11)7-14(18)10-3-6-13(17)12(16)8-10/h1-6,8,14H,7,18H2. The first-order valence-corrected chi connectivity index (χ1v) is 7.34. The lowest BCUT2D eigenvalue weighted by Crippen LogP contribution is -2.13. The number of nitrogens with two attached hydrogens (primary N) is 1. The third-order valence-corrected chi connectivity index (χ3v) is 4.56. The van der Waals surface area contributed by atoms with Gasteiger partial charge in [-0.25, -0.2) is 0 Å². The van der Waals surface area contributed by atoms with E-state index in [4.69, 9.17) is 28.9 Å². The summed E-state index contributed by atoms with van der Waals surface area (Å²) >= 11 is 14.2. The van der Waals surface area contributed by atoms with Crippen LogP contribution in [0.4, 0.5) is 0 Å². The molecule has 0 spiro atoms. The van der Waals surface area contributed by atoms with Gasteiger partial charge in [0, 0.05) is 14.6 Å². The van der Waals surface area contributed by atoms with Gasteiger partial charge in [-0.05, 0) is 64.4 Å². The summed E-state index contributed by atoms with van der Waals surface area (Å²) in [7, 11) is 0. The highest BCUT2D eigenvalue weighted by Gasteiger charge is 2.09. The quantitative estimate of drug-likeness (QED) is 0.744. The van der Waals surface area contributed by atoms with Crippen molar-refractivity contribution in [1.82, 2.24) is 0 Å². The van der Waals surface area contributed by atoms with E-state index in [2.05, 4.69) is 22.6 Å². The summed E-state index contributed by atoms with van der Waals surface area (Å²) < 4.78 is 1.04. The zero-order valence-electron chi connectivity index (χ0n) is 9.54. The molecule has 0 amide bonds. The van der Waals surface area contributed by atoms with Crippen molar-refractivity contribution in [1.29, 1.82) is 0 Å². The zero-order chi connectivity index (χ0) is 13.1. The summed E-state index contributed by atoms with van der Waals surface area (Å²) in [6, 6.07) is 13.6. The topological polar surface area (TPSA) is 26.0 Å². The molecule has 94 valence electrons.